The first kappa shape index (κ1) is 33.8. The van der Waals surface area contributed by atoms with E-state index >= 15 is 0 Å². The Morgan fingerprint density at radius 2 is 1.33 bits per heavy atom. The van der Waals surface area contributed by atoms with Gasteiger partial charge in [0, 0.05) is 56.0 Å². The minimum atomic E-state index is -2.25. The first-order valence-corrected chi connectivity index (χ1v) is 20.0. The molecular weight excluding hydrogens is 888 g/mol. The van der Waals surface area contributed by atoms with Crippen molar-refractivity contribution in [2.45, 2.75) is 57.8 Å². The molecule has 0 amide bonds. The number of pyridine rings is 1. The van der Waals surface area contributed by atoms with Gasteiger partial charge in [-0.15, -0.1) is 28.6 Å². The average Bonchev–Trinajstić information content (AvgIpc) is 3.90. The van der Waals surface area contributed by atoms with Crippen molar-refractivity contribution < 1.29 is 25.2 Å². The van der Waals surface area contributed by atoms with Gasteiger partial charge in [0.25, 0.3) is 0 Å². The van der Waals surface area contributed by atoms with Gasteiger partial charge in [-0.05, 0) is 67.8 Å². The van der Waals surface area contributed by atoms with Crippen LogP contribution in [0.5, 0.6) is 0 Å². The molecule has 290 valence electrons. The third-order valence-corrected chi connectivity index (χ3v) is 12.9. The second-order valence-electron chi connectivity index (χ2n) is 18.4. The molecule has 0 saturated carbocycles. The second-order valence-corrected chi connectivity index (χ2v) is 18.4. The maximum absolute atomic E-state index is 8.78. The third-order valence-electron chi connectivity index (χ3n) is 12.9. The van der Waals surface area contributed by atoms with Gasteiger partial charge in [-0.25, -0.2) is 4.98 Å². The molecule has 2 aromatic heterocycles. The summed E-state index contributed by atoms with van der Waals surface area (Å²) in [5, 5.41) is 2.26. The van der Waals surface area contributed by atoms with Gasteiger partial charge in [-0.1, -0.05) is 120 Å². The topological polar surface area (TPSA) is 17.8 Å². The molecule has 8 aromatic rings. The number of hydrogen-bond donors (Lipinski definition) is 0. The predicted molar refractivity (Wildman–Crippen MR) is 236 cm³/mol. The Morgan fingerprint density at radius 3 is 2.03 bits per heavy atom. The Morgan fingerprint density at radius 1 is 0.672 bits per heavy atom. The van der Waals surface area contributed by atoms with Gasteiger partial charge in [-0.3, -0.25) is 0 Å². The van der Waals surface area contributed by atoms with Crippen LogP contribution in [0.3, 0.4) is 0 Å². The van der Waals surface area contributed by atoms with Gasteiger partial charge < -0.3 is 13.5 Å². The van der Waals surface area contributed by atoms with Crippen molar-refractivity contribution in [3.8, 4) is 16.9 Å². The molecule has 58 heavy (non-hydrogen) atoms. The largest absolute Gasteiger partial charge is 0.325 e. The van der Waals surface area contributed by atoms with Crippen molar-refractivity contribution in [2.75, 3.05) is 13.6 Å². The Labute approximate surface area is 361 Å². The predicted octanol–water partition coefficient (Wildman–Crippen LogP) is 12.4. The molecule has 0 spiro atoms. The summed E-state index contributed by atoms with van der Waals surface area (Å²) in [7, 11) is 0. The molecule has 6 aromatic carbocycles. The van der Waals surface area contributed by atoms with E-state index in [0.717, 1.165) is 55.8 Å². The average molecular weight is 938 g/mol. The van der Waals surface area contributed by atoms with Crippen LogP contribution in [0.15, 0.2) is 140 Å². The summed E-state index contributed by atoms with van der Waals surface area (Å²) in [5.41, 5.74) is 12.9. The van der Waals surface area contributed by atoms with E-state index in [9.17, 15) is 0 Å². The minimum Gasteiger partial charge on any atom is -0.325 e. The first-order chi connectivity index (χ1) is 28.6. The van der Waals surface area contributed by atoms with Crippen LogP contribution >= 0.6 is 0 Å². The number of hydrogen-bond acceptors (Lipinski definition) is 1. The molecule has 0 radical (unpaired) electrons. The number of benzene rings is 6. The minimum absolute atomic E-state index is 0. The summed E-state index contributed by atoms with van der Waals surface area (Å²) in [4.78, 5) is 4.99. The zero-order valence-corrected chi connectivity index (χ0v) is 35.9. The number of aromatic nitrogens is 2. The van der Waals surface area contributed by atoms with Crippen LogP contribution in [0, 0.1) is 18.8 Å². The molecule has 2 atom stereocenters. The molecule has 3 aliphatic heterocycles. The normalized spacial score (nSPS) is 21.0. The SMILES string of the molecule is [2H]C([2H])([2H])[N@+]12[CH-][N@+](c3[c-]c(C4(c5[c-]c6c(cc5)c5ccccc5n6-c5cc(C(C)(C)C)ccn5)c5ccccc5-c5ccccc54)ccc3)(C1)c1cc(C(C)(C)C)ccc12.[Pt]. The smallest absolute Gasteiger partial charge is 0.179 e. The molecule has 12 rings (SSSR count). The van der Waals surface area contributed by atoms with E-state index < -0.39 is 12.4 Å². The van der Waals surface area contributed by atoms with Crippen molar-refractivity contribution in [1.82, 2.24) is 18.5 Å². The molecule has 0 unspecified atom stereocenters. The van der Waals surface area contributed by atoms with Crippen LogP contribution in [-0.2, 0) is 37.3 Å². The van der Waals surface area contributed by atoms with Gasteiger partial charge >= 0.3 is 0 Å². The third kappa shape index (κ3) is 4.95. The maximum atomic E-state index is 8.78. The Bertz CT molecular complexity index is 3040. The van der Waals surface area contributed by atoms with Crippen LogP contribution in [0.25, 0.3) is 38.8 Å². The van der Waals surface area contributed by atoms with E-state index in [4.69, 9.17) is 9.10 Å². The van der Waals surface area contributed by atoms with Gasteiger partial charge in [-0.2, -0.15) is 30.3 Å². The maximum Gasteiger partial charge on any atom is 0.179 e. The van der Waals surface area contributed by atoms with E-state index in [1.54, 1.807) is 0 Å². The summed E-state index contributed by atoms with van der Waals surface area (Å²) < 4.78 is 28.8. The van der Waals surface area contributed by atoms with Gasteiger partial charge in [0.15, 0.2) is 18.0 Å². The summed E-state index contributed by atoms with van der Waals surface area (Å²) in [6.07, 6.45) is 1.92. The zero-order chi connectivity index (χ0) is 41.6. The molecule has 4 nitrogen and oxygen atoms in total. The number of quaternary nitrogens is 2. The number of para-hydroxylation sites is 1. The van der Waals surface area contributed by atoms with Gasteiger partial charge in [0.2, 0.25) is 0 Å². The van der Waals surface area contributed by atoms with Crippen LogP contribution in [0.4, 0.5) is 17.1 Å². The van der Waals surface area contributed by atoms with E-state index in [-0.39, 0.29) is 36.4 Å². The van der Waals surface area contributed by atoms with Crippen LogP contribution in [-0.4, -0.2) is 23.2 Å². The van der Waals surface area contributed by atoms with Crippen LogP contribution in [0.2, 0.25) is 0 Å². The zero-order valence-electron chi connectivity index (χ0n) is 36.7. The first-order valence-electron chi connectivity index (χ1n) is 21.5. The molecule has 1 fully saturated rings. The standard InChI is InChI=1S/C53H47N4.Pt/c1-51(2,3)35-24-26-48-49(31-35)57(33-56(48,7)34-57)39-16-14-15-37(29-39)53(44-20-11-8-17-40(44)41-18-9-12-21-45(41)53)38-23-25-43-42-19-10-13-22-46(42)55(47(43)30-38)50-32-36(27-28-54-50)52(4,5)6;/h8-28,31-33H,34H2,1-7H3;/q-1;/t56-,57+;/m0./s1/i7D3;. The van der Waals surface area contributed by atoms with Crippen molar-refractivity contribution in [2.24, 2.45) is 0 Å². The van der Waals surface area contributed by atoms with Crippen LogP contribution < -0.4 is 8.97 Å². The fourth-order valence-electron chi connectivity index (χ4n) is 10.1. The van der Waals surface area contributed by atoms with Gasteiger partial charge in [0.05, 0.1) is 17.8 Å². The fourth-order valence-corrected chi connectivity index (χ4v) is 10.1. The van der Waals surface area contributed by atoms with Crippen LogP contribution in [0.1, 0.15) is 79.0 Å². The molecule has 5 heterocycles. The Hall–Kier alpha value is -5.12. The Balaban J connectivity index is 0.00000445. The molecule has 0 N–H and O–H groups in total. The molecule has 1 aliphatic carbocycles. The van der Waals surface area contributed by atoms with Crippen molar-refractivity contribution in [1.29, 1.82) is 0 Å². The molecule has 1 saturated heterocycles. The monoisotopic (exact) mass is 937 g/mol. The second kappa shape index (κ2) is 12.4. The van der Waals surface area contributed by atoms with Crippen molar-refractivity contribution in [3.63, 3.8) is 0 Å². The van der Waals surface area contributed by atoms with Crippen molar-refractivity contribution in [3.05, 3.63) is 192 Å². The molecule has 5 heteroatoms. The fraction of sp³-hybridized carbons (Fsp3) is 0.208. The quantitative estimate of drug-likeness (QED) is 0.127. The van der Waals surface area contributed by atoms with E-state index in [1.165, 1.54) is 33.4 Å². The van der Waals surface area contributed by atoms with E-state index in [2.05, 4.69) is 192 Å². The van der Waals surface area contributed by atoms with E-state index in [0.29, 0.717) is 11.2 Å². The van der Waals surface area contributed by atoms with E-state index in [1.807, 2.05) is 12.9 Å². The molecule has 2 bridgehead atoms. The Kier molecular flexibility index (Phi) is 7.25. The number of fused-ring (bicyclic) bond motifs is 6. The molecular formula is C53H47N4Pt-. The number of rotatable bonds is 4. The summed E-state index contributed by atoms with van der Waals surface area (Å²) in [6.45, 7) is 13.5. The summed E-state index contributed by atoms with van der Waals surface area (Å²) in [6, 6.07) is 55.9. The summed E-state index contributed by atoms with van der Waals surface area (Å²) >= 11 is 0. The molecule has 4 aliphatic rings. The van der Waals surface area contributed by atoms with Gasteiger partial charge in [0.1, 0.15) is 5.82 Å². The summed E-state index contributed by atoms with van der Waals surface area (Å²) in [5.74, 6) is 0.860. The number of nitrogens with zero attached hydrogens (tertiary/aromatic N) is 4. The van der Waals surface area contributed by atoms with Crippen molar-refractivity contribution >= 4 is 38.9 Å².